The van der Waals surface area contributed by atoms with Crippen LogP contribution in [-0.2, 0) is 13.6 Å². The number of piperidine rings is 1. The van der Waals surface area contributed by atoms with Crippen molar-refractivity contribution < 1.29 is 4.79 Å². The lowest BCUT2D eigenvalue weighted by Gasteiger charge is -2.32. The summed E-state index contributed by atoms with van der Waals surface area (Å²) >= 11 is 0. The average Bonchev–Trinajstić information content (AvgIpc) is 2.94. The first-order valence-corrected chi connectivity index (χ1v) is 8.99. The van der Waals surface area contributed by atoms with Gasteiger partial charge in [0.25, 0.3) is 5.91 Å². The lowest BCUT2D eigenvalue weighted by atomic mass is 9.96. The van der Waals surface area contributed by atoms with Crippen LogP contribution in [0.25, 0.3) is 11.2 Å². The van der Waals surface area contributed by atoms with E-state index in [9.17, 15) is 9.59 Å². The number of aryl methyl sites for hydroxylation is 1. The molecule has 1 aliphatic heterocycles. The minimum atomic E-state index is -0.0264. The van der Waals surface area contributed by atoms with Gasteiger partial charge in [-0.05, 0) is 43.0 Å². The predicted molar refractivity (Wildman–Crippen MR) is 100 cm³/mol. The number of carbonyl (C=O) groups is 1. The van der Waals surface area contributed by atoms with E-state index < -0.39 is 0 Å². The summed E-state index contributed by atoms with van der Waals surface area (Å²) in [6, 6.07) is 13.2. The number of likely N-dealkylation sites (tertiary alicyclic amines) is 1. The van der Waals surface area contributed by atoms with Gasteiger partial charge in [0.05, 0.1) is 5.52 Å². The summed E-state index contributed by atoms with van der Waals surface area (Å²) in [6.45, 7) is 2.11. The molecule has 1 fully saturated rings. The predicted octanol–water partition coefficient (Wildman–Crippen LogP) is 2.29. The Bertz CT molecular complexity index is 982. The maximum atomic E-state index is 12.6. The van der Waals surface area contributed by atoms with Gasteiger partial charge in [-0.1, -0.05) is 18.2 Å². The molecule has 134 valence electrons. The molecule has 0 saturated carbocycles. The van der Waals surface area contributed by atoms with Crippen molar-refractivity contribution in [2.75, 3.05) is 13.1 Å². The minimum absolute atomic E-state index is 0.0264. The number of fused-ring (bicyclic) bond motifs is 1. The van der Waals surface area contributed by atoms with Crippen LogP contribution in [0.2, 0.25) is 0 Å². The lowest BCUT2D eigenvalue weighted by molar-refractivity contribution is 0.0683. The molecule has 1 amide bonds. The second-order valence-corrected chi connectivity index (χ2v) is 6.90. The summed E-state index contributed by atoms with van der Waals surface area (Å²) in [4.78, 5) is 31.4. The molecule has 6 nitrogen and oxygen atoms in total. The van der Waals surface area contributed by atoms with Gasteiger partial charge in [-0.2, -0.15) is 0 Å². The highest BCUT2D eigenvalue weighted by Crippen LogP contribution is 2.21. The summed E-state index contributed by atoms with van der Waals surface area (Å²) in [5.41, 5.74) is 2.30. The van der Waals surface area contributed by atoms with E-state index in [1.54, 1.807) is 22.4 Å². The number of imidazole rings is 1. The minimum Gasteiger partial charge on any atom is -0.339 e. The molecule has 2 aromatic heterocycles. The van der Waals surface area contributed by atoms with E-state index in [1.807, 2.05) is 47.4 Å². The second kappa shape index (κ2) is 6.78. The number of hydrogen-bond acceptors (Lipinski definition) is 3. The van der Waals surface area contributed by atoms with Crippen molar-refractivity contribution in [3.05, 3.63) is 64.7 Å². The summed E-state index contributed by atoms with van der Waals surface area (Å²) < 4.78 is 3.42. The largest absolute Gasteiger partial charge is 0.339 e. The molecule has 4 rings (SSSR count). The Labute approximate surface area is 151 Å². The van der Waals surface area contributed by atoms with Gasteiger partial charge < -0.3 is 4.90 Å². The highest BCUT2D eigenvalue weighted by atomic mass is 16.2. The van der Waals surface area contributed by atoms with E-state index in [0.717, 1.165) is 42.7 Å². The van der Waals surface area contributed by atoms with E-state index in [-0.39, 0.29) is 11.6 Å². The maximum absolute atomic E-state index is 12.6. The van der Waals surface area contributed by atoms with Crippen LogP contribution in [0.5, 0.6) is 0 Å². The van der Waals surface area contributed by atoms with Crippen LogP contribution >= 0.6 is 0 Å². The van der Waals surface area contributed by atoms with Crippen LogP contribution in [0.1, 0.15) is 23.2 Å². The van der Waals surface area contributed by atoms with Gasteiger partial charge in [-0.25, -0.2) is 9.78 Å². The quantitative estimate of drug-likeness (QED) is 0.728. The van der Waals surface area contributed by atoms with E-state index in [1.165, 1.54) is 0 Å². The fourth-order valence-corrected chi connectivity index (χ4v) is 3.74. The zero-order valence-electron chi connectivity index (χ0n) is 14.8. The van der Waals surface area contributed by atoms with Gasteiger partial charge in [0.1, 0.15) is 0 Å². The smallest absolute Gasteiger partial charge is 0.330 e. The summed E-state index contributed by atoms with van der Waals surface area (Å²) in [5.74, 6) is 0.466. The topological polar surface area (TPSA) is 60.1 Å². The van der Waals surface area contributed by atoms with Crippen molar-refractivity contribution in [2.45, 2.75) is 19.4 Å². The first-order chi connectivity index (χ1) is 12.6. The van der Waals surface area contributed by atoms with Crippen molar-refractivity contribution in [3.63, 3.8) is 0 Å². The number of amides is 1. The molecule has 0 radical (unpaired) electrons. The van der Waals surface area contributed by atoms with Gasteiger partial charge in [0.15, 0.2) is 5.65 Å². The normalized spacial score (nSPS) is 15.5. The molecule has 26 heavy (non-hydrogen) atoms. The number of nitrogens with zero attached hydrogens (tertiary/aromatic N) is 4. The third kappa shape index (κ3) is 2.92. The maximum Gasteiger partial charge on any atom is 0.330 e. The van der Waals surface area contributed by atoms with Crippen LogP contribution in [0.3, 0.4) is 0 Å². The van der Waals surface area contributed by atoms with Gasteiger partial charge in [-0.15, -0.1) is 0 Å². The van der Waals surface area contributed by atoms with Crippen molar-refractivity contribution >= 4 is 17.1 Å². The average molecular weight is 350 g/mol. The number of rotatable bonds is 3. The molecule has 6 heteroatoms. The fourth-order valence-electron chi connectivity index (χ4n) is 3.74. The molecule has 3 heterocycles. The standard InChI is InChI=1S/C20H22N4O2/c1-22-17-8-5-11-21-18(17)24(20(22)26)14-15-9-12-23(13-10-15)19(25)16-6-3-2-4-7-16/h2-8,11,15H,9-10,12-14H2,1H3. The van der Waals surface area contributed by atoms with E-state index in [2.05, 4.69) is 4.98 Å². The van der Waals surface area contributed by atoms with Crippen LogP contribution in [0.15, 0.2) is 53.5 Å². The Morgan fingerprint density at radius 3 is 2.58 bits per heavy atom. The van der Waals surface area contributed by atoms with Gasteiger partial charge in [0.2, 0.25) is 0 Å². The molecule has 1 aliphatic rings. The number of pyridine rings is 1. The zero-order valence-corrected chi connectivity index (χ0v) is 14.8. The molecular weight excluding hydrogens is 328 g/mol. The second-order valence-electron chi connectivity index (χ2n) is 6.90. The van der Waals surface area contributed by atoms with Gasteiger partial charge in [0, 0.05) is 38.4 Å². The molecule has 0 spiro atoms. The van der Waals surface area contributed by atoms with E-state index in [0.29, 0.717) is 12.5 Å². The first kappa shape index (κ1) is 16.6. The summed E-state index contributed by atoms with van der Waals surface area (Å²) in [7, 11) is 1.78. The van der Waals surface area contributed by atoms with Crippen molar-refractivity contribution in [2.24, 2.45) is 13.0 Å². The molecule has 0 bridgehead atoms. The molecular formula is C20H22N4O2. The van der Waals surface area contributed by atoms with Crippen LogP contribution in [-0.4, -0.2) is 38.0 Å². The fraction of sp³-hybridized carbons (Fsp3) is 0.350. The Morgan fingerprint density at radius 2 is 1.85 bits per heavy atom. The Balaban J connectivity index is 1.46. The number of hydrogen-bond donors (Lipinski definition) is 0. The van der Waals surface area contributed by atoms with Crippen LogP contribution < -0.4 is 5.69 Å². The third-order valence-electron chi connectivity index (χ3n) is 5.26. The monoisotopic (exact) mass is 350 g/mol. The molecule has 0 aliphatic carbocycles. The molecule has 1 aromatic carbocycles. The third-order valence-corrected chi connectivity index (χ3v) is 5.26. The highest BCUT2D eigenvalue weighted by molar-refractivity contribution is 5.94. The molecule has 0 unspecified atom stereocenters. The summed E-state index contributed by atoms with van der Waals surface area (Å²) in [6.07, 6.45) is 3.52. The number of carbonyl (C=O) groups excluding carboxylic acids is 1. The van der Waals surface area contributed by atoms with Crippen molar-refractivity contribution in [1.29, 1.82) is 0 Å². The molecule has 1 saturated heterocycles. The lowest BCUT2D eigenvalue weighted by Crippen LogP contribution is -2.40. The SMILES string of the molecule is Cn1c(=O)n(CC2CCN(C(=O)c3ccccc3)CC2)c2ncccc21. The number of aromatic nitrogens is 3. The Morgan fingerprint density at radius 1 is 1.12 bits per heavy atom. The first-order valence-electron chi connectivity index (χ1n) is 8.99. The van der Waals surface area contributed by atoms with Gasteiger partial charge in [-0.3, -0.25) is 13.9 Å². The Kier molecular flexibility index (Phi) is 4.32. The van der Waals surface area contributed by atoms with E-state index >= 15 is 0 Å². The highest BCUT2D eigenvalue weighted by Gasteiger charge is 2.25. The summed E-state index contributed by atoms with van der Waals surface area (Å²) in [5, 5.41) is 0. The van der Waals surface area contributed by atoms with Crippen LogP contribution in [0, 0.1) is 5.92 Å². The van der Waals surface area contributed by atoms with E-state index in [4.69, 9.17) is 0 Å². The zero-order chi connectivity index (χ0) is 18.1. The van der Waals surface area contributed by atoms with Crippen molar-refractivity contribution in [3.8, 4) is 0 Å². The molecule has 0 N–H and O–H groups in total. The molecule has 0 atom stereocenters. The molecule has 3 aromatic rings. The van der Waals surface area contributed by atoms with Crippen molar-refractivity contribution in [1.82, 2.24) is 19.0 Å². The van der Waals surface area contributed by atoms with Gasteiger partial charge >= 0.3 is 5.69 Å². The number of benzene rings is 1. The Hall–Kier alpha value is -2.89. The van der Waals surface area contributed by atoms with Crippen LogP contribution in [0.4, 0.5) is 0 Å².